The molecular formula is C30H50BN2O6. The number of benzene rings is 2. The van der Waals surface area contributed by atoms with E-state index >= 15 is 0 Å². The van der Waals surface area contributed by atoms with E-state index < -0.39 is 18.4 Å². The molecular weight excluding hydrogens is 495 g/mol. The van der Waals surface area contributed by atoms with Crippen molar-refractivity contribution in [3.8, 4) is 11.5 Å². The summed E-state index contributed by atoms with van der Waals surface area (Å²) in [4.78, 5) is 3.49. The highest BCUT2D eigenvalue weighted by Gasteiger charge is 2.23. The third-order valence-corrected chi connectivity index (χ3v) is 5.25. The number of rotatable bonds is 15. The van der Waals surface area contributed by atoms with Crippen molar-refractivity contribution in [1.82, 2.24) is 0 Å². The van der Waals surface area contributed by atoms with Crippen molar-refractivity contribution < 1.29 is 29.4 Å². The molecule has 0 aromatic heterocycles. The van der Waals surface area contributed by atoms with Gasteiger partial charge in [-0.2, -0.15) is 0 Å². The molecule has 2 rings (SSSR count). The monoisotopic (exact) mass is 545 g/mol. The lowest BCUT2D eigenvalue weighted by molar-refractivity contribution is 0.104. The number of aliphatic hydroxyl groups excluding tert-OH is 3. The van der Waals surface area contributed by atoms with Crippen LogP contribution in [0.25, 0.3) is 0 Å². The van der Waals surface area contributed by atoms with E-state index in [4.69, 9.17) is 19.9 Å². The van der Waals surface area contributed by atoms with Crippen molar-refractivity contribution in [3.05, 3.63) is 59.7 Å². The van der Waals surface area contributed by atoms with Gasteiger partial charge in [0.15, 0.2) is 6.23 Å². The Balaban J connectivity index is 0.00000220. The number of aliphatic imine (C=N–C) groups is 1. The van der Waals surface area contributed by atoms with Gasteiger partial charge in [-0.1, -0.05) is 78.6 Å². The number of aliphatic hydroxyl groups is 3. The molecule has 39 heavy (non-hydrogen) atoms. The zero-order valence-corrected chi connectivity index (χ0v) is 24.7. The molecule has 3 atom stereocenters. The molecule has 0 saturated heterocycles. The minimum atomic E-state index is -0.940. The van der Waals surface area contributed by atoms with Crippen molar-refractivity contribution in [2.45, 2.75) is 84.6 Å². The van der Waals surface area contributed by atoms with Crippen LogP contribution in [-0.2, 0) is 10.1 Å². The molecule has 0 bridgehead atoms. The Kier molecular flexibility index (Phi) is 20.1. The molecule has 3 unspecified atom stereocenters. The van der Waals surface area contributed by atoms with Gasteiger partial charge in [0.05, 0.1) is 18.8 Å². The van der Waals surface area contributed by atoms with E-state index in [0.29, 0.717) is 11.5 Å². The van der Waals surface area contributed by atoms with Crippen molar-refractivity contribution >= 4 is 14.2 Å². The van der Waals surface area contributed by atoms with Crippen LogP contribution in [0.15, 0.2) is 53.5 Å². The lowest BCUT2D eigenvalue weighted by Crippen LogP contribution is -2.27. The van der Waals surface area contributed by atoms with Crippen molar-refractivity contribution in [2.24, 2.45) is 10.7 Å². The van der Waals surface area contributed by atoms with Gasteiger partial charge in [0.2, 0.25) is 0 Å². The molecule has 0 saturated carbocycles. The molecule has 8 nitrogen and oxygen atoms in total. The molecule has 0 aliphatic heterocycles. The average Bonchev–Trinajstić information content (AvgIpc) is 2.94. The fourth-order valence-corrected chi connectivity index (χ4v) is 3.01. The lowest BCUT2D eigenvalue weighted by Gasteiger charge is -2.26. The van der Waals surface area contributed by atoms with Gasteiger partial charge in [0.25, 0.3) is 7.48 Å². The summed E-state index contributed by atoms with van der Waals surface area (Å²) in [7, 11) is 1.45. The van der Waals surface area contributed by atoms with Crippen LogP contribution in [-0.4, -0.2) is 74.3 Å². The number of hydrogen-bond acceptors (Lipinski definition) is 8. The largest absolute Gasteiger partial charge is 0.491 e. The summed E-state index contributed by atoms with van der Waals surface area (Å²) in [6, 6.07) is 15.5. The van der Waals surface area contributed by atoms with Crippen molar-refractivity contribution in [3.63, 3.8) is 0 Å². The summed E-state index contributed by atoms with van der Waals surface area (Å²) >= 11 is 0. The minimum Gasteiger partial charge on any atom is -0.491 e. The molecule has 2 aromatic carbocycles. The van der Waals surface area contributed by atoms with Crippen LogP contribution in [0.5, 0.6) is 11.5 Å². The van der Waals surface area contributed by atoms with Gasteiger partial charge >= 0.3 is 0 Å². The SMILES string of the molecule is C=NC(O)COc1ccc(C(C)(C)c2ccc(OCC(O)C[B]OCC(O)CN)cc2)cc1.CCC.CCC. The Morgan fingerprint density at radius 2 is 1.23 bits per heavy atom. The third-order valence-electron chi connectivity index (χ3n) is 5.25. The zero-order chi connectivity index (χ0) is 29.7. The van der Waals surface area contributed by atoms with E-state index in [1.54, 1.807) is 0 Å². The van der Waals surface area contributed by atoms with Gasteiger partial charge in [0.1, 0.15) is 24.7 Å². The first-order valence-corrected chi connectivity index (χ1v) is 13.7. The molecule has 0 spiro atoms. The second-order valence-corrected chi connectivity index (χ2v) is 9.65. The number of ether oxygens (including phenoxy) is 2. The van der Waals surface area contributed by atoms with Crippen LogP contribution in [0.3, 0.4) is 0 Å². The molecule has 0 amide bonds. The topological polar surface area (TPSA) is 127 Å². The highest BCUT2D eigenvalue weighted by atomic mass is 16.5. The maximum Gasteiger partial charge on any atom is 0.295 e. The molecule has 1 radical (unpaired) electrons. The molecule has 9 heteroatoms. The van der Waals surface area contributed by atoms with Gasteiger partial charge < -0.3 is 35.2 Å². The zero-order valence-electron chi connectivity index (χ0n) is 24.7. The summed E-state index contributed by atoms with van der Waals surface area (Å²) in [5.74, 6) is 1.31. The Hall–Kier alpha value is -2.43. The van der Waals surface area contributed by atoms with Crippen molar-refractivity contribution in [2.75, 3.05) is 26.4 Å². The first-order valence-electron chi connectivity index (χ1n) is 13.7. The third kappa shape index (κ3) is 15.7. The normalized spacial score (nSPS) is 13.0. The summed E-state index contributed by atoms with van der Waals surface area (Å²) in [6.45, 7) is 16.5. The summed E-state index contributed by atoms with van der Waals surface area (Å²) in [6.07, 6.45) is 0.410. The fraction of sp³-hybridized carbons (Fsp3) is 0.567. The second kappa shape index (κ2) is 21.4. The van der Waals surface area contributed by atoms with E-state index in [0.717, 1.165) is 11.1 Å². The smallest absolute Gasteiger partial charge is 0.295 e. The standard InChI is InChI=1S/C24H34BN2O6.2C3H8/c1-24(2,18-6-10-22(11-7-18)32-16-23(30)27-3)17-4-8-21(9-5-17)31-14-19(28)12-25-33-15-20(29)13-26;2*1-3-2/h4-11,19-20,23,28-30H,3,12-16,26H2,1-2H3;2*3H2,1-2H3. The average molecular weight is 546 g/mol. The van der Waals surface area contributed by atoms with Crippen LogP contribution < -0.4 is 15.2 Å². The minimum absolute atomic E-state index is 0.0604. The van der Waals surface area contributed by atoms with E-state index in [2.05, 4.69) is 53.3 Å². The molecule has 5 N–H and O–H groups in total. The first kappa shape index (κ1) is 36.6. The van der Waals surface area contributed by atoms with Gasteiger partial charge in [-0.15, -0.1) is 0 Å². The van der Waals surface area contributed by atoms with E-state index in [1.165, 1.54) is 20.3 Å². The van der Waals surface area contributed by atoms with Crippen LogP contribution in [0.4, 0.5) is 0 Å². The Bertz CT molecular complexity index is 863. The highest BCUT2D eigenvalue weighted by molar-refractivity contribution is 6.27. The number of nitrogens with two attached hydrogens (primary N) is 1. The Labute approximate surface area is 236 Å². The highest BCUT2D eigenvalue weighted by Crippen LogP contribution is 2.33. The molecule has 0 aliphatic rings. The summed E-state index contributed by atoms with van der Waals surface area (Å²) in [5.41, 5.74) is 7.26. The number of hydrogen-bond donors (Lipinski definition) is 4. The van der Waals surface area contributed by atoms with Crippen LogP contribution in [0.2, 0.25) is 6.32 Å². The predicted octanol–water partition coefficient (Wildman–Crippen LogP) is 4.36. The molecule has 0 aliphatic carbocycles. The Morgan fingerprint density at radius 1 is 0.795 bits per heavy atom. The van der Waals surface area contributed by atoms with Crippen LogP contribution >= 0.6 is 0 Å². The maximum atomic E-state index is 10.0. The second-order valence-electron chi connectivity index (χ2n) is 9.65. The first-order chi connectivity index (χ1) is 18.6. The fourth-order valence-electron chi connectivity index (χ4n) is 3.01. The van der Waals surface area contributed by atoms with E-state index in [9.17, 15) is 15.3 Å². The maximum absolute atomic E-state index is 10.0. The van der Waals surface area contributed by atoms with Crippen LogP contribution in [0, 0.1) is 0 Å². The summed E-state index contributed by atoms with van der Waals surface area (Å²) < 4.78 is 16.3. The molecule has 0 fully saturated rings. The van der Waals surface area contributed by atoms with E-state index in [1.807, 2.05) is 48.5 Å². The van der Waals surface area contributed by atoms with Gasteiger partial charge in [0, 0.05) is 12.0 Å². The summed E-state index contributed by atoms with van der Waals surface area (Å²) in [5, 5.41) is 28.7. The van der Waals surface area contributed by atoms with Crippen LogP contribution in [0.1, 0.15) is 65.5 Å². The lowest BCUT2D eigenvalue weighted by atomic mass is 9.78. The predicted molar refractivity (Wildman–Crippen MR) is 161 cm³/mol. The van der Waals surface area contributed by atoms with E-state index in [-0.39, 0.29) is 38.1 Å². The Morgan fingerprint density at radius 3 is 1.64 bits per heavy atom. The van der Waals surface area contributed by atoms with Gasteiger partial charge in [-0.25, -0.2) is 0 Å². The van der Waals surface area contributed by atoms with Gasteiger partial charge in [-0.3, -0.25) is 4.99 Å². The van der Waals surface area contributed by atoms with Crippen molar-refractivity contribution in [1.29, 1.82) is 0 Å². The number of nitrogens with zero attached hydrogens (tertiary/aromatic N) is 1. The molecule has 0 heterocycles. The quantitative estimate of drug-likeness (QED) is 0.149. The van der Waals surface area contributed by atoms with Gasteiger partial charge in [-0.05, 0) is 48.4 Å². The molecule has 219 valence electrons. The molecule has 2 aromatic rings.